The molecule has 1 unspecified atom stereocenters. The summed E-state index contributed by atoms with van der Waals surface area (Å²) in [6.07, 6.45) is 1.17. The molecule has 0 N–H and O–H groups in total. The van der Waals surface area contributed by atoms with Gasteiger partial charge in [0.25, 0.3) is 0 Å². The van der Waals surface area contributed by atoms with Crippen LogP contribution in [0.15, 0.2) is 34.6 Å². The number of hydrogen-bond acceptors (Lipinski definition) is 3. The smallest absolute Gasteiger partial charge is 0.331 e. The summed E-state index contributed by atoms with van der Waals surface area (Å²) < 4.78 is 16.2. The molecule has 1 rings (SSSR count). The molecule has 86 valence electrons. The molecule has 0 radical (unpaired) electrons. The number of hydrogen-bond donors (Lipinski definition) is 0. The molecule has 1 atom stereocenters. The minimum Gasteiger partial charge on any atom is -0.466 e. The lowest BCUT2D eigenvalue weighted by atomic mass is 10.1. The van der Waals surface area contributed by atoms with Crippen LogP contribution in [0.2, 0.25) is 0 Å². The van der Waals surface area contributed by atoms with Gasteiger partial charge in [-0.2, -0.15) is 0 Å². The first kappa shape index (κ1) is 12.6. The molecule has 0 fully saturated rings. The van der Waals surface area contributed by atoms with Crippen LogP contribution < -0.4 is 0 Å². The molecule has 0 aliphatic rings. The molecule has 3 nitrogen and oxygen atoms in total. The van der Waals surface area contributed by atoms with E-state index in [4.69, 9.17) is 0 Å². The van der Waals surface area contributed by atoms with Crippen molar-refractivity contribution in [1.29, 1.82) is 0 Å². The number of esters is 1. The summed E-state index contributed by atoms with van der Waals surface area (Å²) in [4.78, 5) is 11.5. The minimum atomic E-state index is -1.31. The van der Waals surface area contributed by atoms with Crippen LogP contribution in [0.1, 0.15) is 11.1 Å². The molecule has 4 heteroatoms. The number of methoxy groups -OCH3 is 1. The molecule has 0 saturated heterocycles. The fraction of sp³-hybridized carbons (Fsp3) is 0.250. The zero-order valence-electron chi connectivity index (χ0n) is 9.52. The van der Waals surface area contributed by atoms with Crippen LogP contribution in [0, 0.1) is 13.8 Å². The lowest BCUT2D eigenvalue weighted by Crippen LogP contribution is -1.96. The van der Waals surface area contributed by atoms with Crippen LogP contribution in [0.3, 0.4) is 0 Å². The van der Waals surface area contributed by atoms with E-state index in [1.165, 1.54) is 18.6 Å². The van der Waals surface area contributed by atoms with Gasteiger partial charge in [0.15, 0.2) is 0 Å². The summed E-state index contributed by atoms with van der Waals surface area (Å²) in [6.45, 7) is 3.95. The number of carbonyl (C=O) groups excluding carboxylic acids is 1. The lowest BCUT2D eigenvalue weighted by molar-refractivity contribution is -0.134. The van der Waals surface area contributed by atoms with Crippen molar-refractivity contribution >= 4 is 16.8 Å². The highest BCUT2D eigenvalue weighted by Gasteiger charge is 2.02. The van der Waals surface area contributed by atoms with Crippen LogP contribution in [0.25, 0.3) is 0 Å². The van der Waals surface area contributed by atoms with Crippen molar-refractivity contribution in [2.24, 2.45) is 0 Å². The topological polar surface area (TPSA) is 43.4 Å². The quantitative estimate of drug-likeness (QED) is 0.598. The fourth-order valence-electron chi connectivity index (χ4n) is 1.10. The molecule has 1 aromatic carbocycles. The minimum absolute atomic E-state index is 0.503. The van der Waals surface area contributed by atoms with E-state index in [1.807, 2.05) is 26.0 Å². The van der Waals surface area contributed by atoms with Crippen LogP contribution in [0.5, 0.6) is 0 Å². The Bertz CT molecular complexity index is 450. The third-order valence-corrected chi connectivity index (χ3v) is 3.34. The van der Waals surface area contributed by atoms with Crippen molar-refractivity contribution in [2.45, 2.75) is 18.7 Å². The van der Waals surface area contributed by atoms with Gasteiger partial charge < -0.3 is 4.74 Å². The zero-order valence-corrected chi connectivity index (χ0v) is 10.3. The van der Waals surface area contributed by atoms with E-state index in [1.54, 1.807) is 6.07 Å². The van der Waals surface area contributed by atoms with Gasteiger partial charge in [0, 0.05) is 16.4 Å². The van der Waals surface area contributed by atoms with Gasteiger partial charge in [0.2, 0.25) is 0 Å². The van der Waals surface area contributed by atoms with E-state index >= 15 is 0 Å². The summed E-state index contributed by atoms with van der Waals surface area (Å²) >= 11 is 0. The van der Waals surface area contributed by atoms with Crippen molar-refractivity contribution in [1.82, 2.24) is 0 Å². The maximum Gasteiger partial charge on any atom is 0.331 e. The van der Waals surface area contributed by atoms with Gasteiger partial charge >= 0.3 is 5.97 Å². The molecule has 0 aliphatic heterocycles. The molecular weight excluding hydrogens is 224 g/mol. The van der Waals surface area contributed by atoms with Gasteiger partial charge in [-0.3, -0.25) is 0 Å². The van der Waals surface area contributed by atoms with E-state index in [0.29, 0.717) is 4.90 Å². The Morgan fingerprint density at radius 1 is 1.31 bits per heavy atom. The third kappa shape index (κ3) is 3.31. The van der Waals surface area contributed by atoms with E-state index < -0.39 is 16.8 Å². The summed E-state index contributed by atoms with van der Waals surface area (Å²) in [5, 5.41) is 1.33. The summed E-state index contributed by atoms with van der Waals surface area (Å²) in [5.41, 5.74) is 2.23. The SMILES string of the molecule is COC(=O)/C=C/S(=O)c1ccc(C)c(C)c1. The van der Waals surface area contributed by atoms with Gasteiger partial charge in [0.1, 0.15) is 0 Å². The fourth-order valence-corrected chi connectivity index (χ4v) is 1.99. The number of aryl methyl sites for hydroxylation is 2. The van der Waals surface area contributed by atoms with Crippen molar-refractivity contribution in [2.75, 3.05) is 7.11 Å². The molecule has 0 saturated carbocycles. The average Bonchev–Trinajstić information content (AvgIpc) is 2.29. The van der Waals surface area contributed by atoms with E-state index in [0.717, 1.165) is 11.1 Å². The van der Waals surface area contributed by atoms with Gasteiger partial charge in [-0.15, -0.1) is 0 Å². The predicted molar refractivity (Wildman–Crippen MR) is 63.5 cm³/mol. The first-order chi connectivity index (χ1) is 7.54. The van der Waals surface area contributed by atoms with E-state index in [-0.39, 0.29) is 0 Å². The second kappa shape index (κ2) is 5.61. The Morgan fingerprint density at radius 3 is 2.56 bits per heavy atom. The molecule has 0 spiro atoms. The zero-order chi connectivity index (χ0) is 12.1. The van der Waals surface area contributed by atoms with Gasteiger partial charge in [-0.1, -0.05) is 6.07 Å². The van der Waals surface area contributed by atoms with Gasteiger partial charge in [0.05, 0.1) is 17.9 Å². The number of ether oxygens (including phenoxy) is 1. The normalized spacial score (nSPS) is 12.7. The molecular formula is C12H14O3S. The van der Waals surface area contributed by atoms with Crippen molar-refractivity contribution in [3.63, 3.8) is 0 Å². The number of benzene rings is 1. The molecule has 0 amide bonds. The van der Waals surface area contributed by atoms with Gasteiger partial charge in [-0.25, -0.2) is 9.00 Å². The van der Waals surface area contributed by atoms with Crippen molar-refractivity contribution in [3.8, 4) is 0 Å². The van der Waals surface area contributed by atoms with E-state index in [9.17, 15) is 9.00 Å². The Labute approximate surface area is 97.6 Å². The second-order valence-corrected chi connectivity index (χ2v) is 4.71. The molecule has 0 aliphatic carbocycles. The number of rotatable bonds is 3. The maximum absolute atomic E-state index is 11.7. The highest BCUT2D eigenvalue weighted by atomic mass is 32.2. The highest BCUT2D eigenvalue weighted by molar-refractivity contribution is 7.88. The van der Waals surface area contributed by atoms with Crippen LogP contribution in [-0.2, 0) is 20.3 Å². The summed E-state index contributed by atoms with van der Waals surface area (Å²) in [7, 11) is -0.0222. The van der Waals surface area contributed by atoms with Crippen molar-refractivity contribution in [3.05, 3.63) is 40.8 Å². The first-order valence-electron chi connectivity index (χ1n) is 4.78. The lowest BCUT2D eigenvalue weighted by Gasteiger charge is -2.02. The summed E-state index contributed by atoms with van der Waals surface area (Å²) in [6, 6.07) is 5.56. The second-order valence-electron chi connectivity index (χ2n) is 3.37. The maximum atomic E-state index is 11.7. The first-order valence-corrected chi connectivity index (χ1v) is 6.00. The summed E-state index contributed by atoms with van der Waals surface area (Å²) in [5.74, 6) is -0.503. The highest BCUT2D eigenvalue weighted by Crippen LogP contribution is 2.13. The Hall–Kier alpha value is -1.42. The molecule has 16 heavy (non-hydrogen) atoms. The number of carbonyl (C=O) groups is 1. The van der Waals surface area contributed by atoms with E-state index in [2.05, 4.69) is 4.74 Å². The Morgan fingerprint density at radius 2 is 2.00 bits per heavy atom. The predicted octanol–water partition coefficient (Wildman–Crippen LogP) is 2.10. The Kier molecular flexibility index (Phi) is 4.43. The monoisotopic (exact) mass is 238 g/mol. The van der Waals surface area contributed by atoms with Crippen molar-refractivity contribution < 1.29 is 13.7 Å². The molecule has 0 heterocycles. The van der Waals surface area contributed by atoms with Crippen LogP contribution in [-0.4, -0.2) is 17.3 Å². The Balaban J connectivity index is 2.85. The molecule has 0 aromatic heterocycles. The molecule has 1 aromatic rings. The van der Waals surface area contributed by atoms with Crippen LogP contribution in [0.4, 0.5) is 0 Å². The van der Waals surface area contributed by atoms with Gasteiger partial charge in [-0.05, 0) is 37.1 Å². The largest absolute Gasteiger partial charge is 0.466 e. The van der Waals surface area contributed by atoms with Crippen LogP contribution >= 0.6 is 0 Å². The standard InChI is InChI=1S/C12H14O3S/c1-9-4-5-11(8-10(9)2)16(14)7-6-12(13)15-3/h4-8H,1-3H3/b7-6+. The molecule has 0 bridgehead atoms. The average molecular weight is 238 g/mol. The third-order valence-electron chi connectivity index (χ3n) is 2.24.